The van der Waals surface area contributed by atoms with E-state index in [9.17, 15) is 4.79 Å². The molecule has 1 aromatic heterocycles. The molecule has 1 aliphatic rings. The molecule has 5 heteroatoms. The van der Waals surface area contributed by atoms with Crippen molar-refractivity contribution in [2.75, 3.05) is 6.61 Å². The molecule has 98 valence electrons. The fraction of sp³-hybridized carbons (Fsp3) is 0.286. The summed E-state index contributed by atoms with van der Waals surface area (Å²) in [4.78, 5) is 11.0. The van der Waals surface area contributed by atoms with Crippen LogP contribution in [0.4, 0.5) is 0 Å². The van der Waals surface area contributed by atoms with Crippen LogP contribution in [0.25, 0.3) is 5.69 Å². The highest BCUT2D eigenvalue weighted by atomic mass is 16.5. The number of aryl methyl sites for hydroxylation is 1. The Labute approximate surface area is 110 Å². The number of fused-ring (bicyclic) bond motifs is 1. The van der Waals surface area contributed by atoms with Crippen molar-refractivity contribution in [2.24, 2.45) is 0 Å². The van der Waals surface area contributed by atoms with Gasteiger partial charge in [-0.1, -0.05) is 0 Å². The Bertz CT molecular complexity index is 646. The van der Waals surface area contributed by atoms with E-state index < -0.39 is 5.97 Å². The van der Waals surface area contributed by atoms with Gasteiger partial charge in [-0.25, -0.2) is 9.48 Å². The molecule has 0 amide bonds. The van der Waals surface area contributed by atoms with Gasteiger partial charge in [-0.3, -0.25) is 0 Å². The summed E-state index contributed by atoms with van der Waals surface area (Å²) in [6, 6.07) is 5.83. The third-order valence-electron chi connectivity index (χ3n) is 3.38. The number of carbonyl (C=O) groups is 1. The van der Waals surface area contributed by atoms with Gasteiger partial charge in [0.2, 0.25) is 0 Å². The minimum atomic E-state index is -0.954. The molecule has 1 aromatic carbocycles. The molecule has 0 saturated heterocycles. The van der Waals surface area contributed by atoms with Gasteiger partial charge in [0.25, 0.3) is 0 Å². The monoisotopic (exact) mass is 258 g/mol. The molecular formula is C14H14N2O3. The standard InChI is InChI=1S/C14H14N2O3/c1-9-12(14(17)18)8-15-16(9)11-4-5-13-10(7-11)3-2-6-19-13/h4-5,7-8H,2-3,6H2,1H3,(H,17,18). The number of nitrogens with zero attached hydrogens (tertiary/aromatic N) is 2. The van der Waals surface area contributed by atoms with E-state index >= 15 is 0 Å². The van der Waals surface area contributed by atoms with Crippen LogP contribution in [0.15, 0.2) is 24.4 Å². The third kappa shape index (κ3) is 1.97. The maximum Gasteiger partial charge on any atom is 0.339 e. The minimum absolute atomic E-state index is 0.231. The molecule has 0 bridgehead atoms. The molecule has 0 radical (unpaired) electrons. The van der Waals surface area contributed by atoms with Crippen LogP contribution in [0.2, 0.25) is 0 Å². The number of rotatable bonds is 2. The van der Waals surface area contributed by atoms with Crippen LogP contribution in [-0.2, 0) is 6.42 Å². The summed E-state index contributed by atoms with van der Waals surface area (Å²) < 4.78 is 7.22. The quantitative estimate of drug-likeness (QED) is 0.896. The van der Waals surface area contributed by atoms with Crippen LogP contribution in [0.3, 0.4) is 0 Å². The highest BCUT2D eigenvalue weighted by Crippen LogP contribution is 2.27. The second-order valence-electron chi connectivity index (χ2n) is 4.60. The Morgan fingerprint density at radius 2 is 2.32 bits per heavy atom. The molecular weight excluding hydrogens is 244 g/mol. The number of hydrogen-bond acceptors (Lipinski definition) is 3. The molecule has 0 unspecified atom stereocenters. The first-order valence-corrected chi connectivity index (χ1v) is 6.21. The SMILES string of the molecule is Cc1c(C(=O)O)cnn1-c1ccc2c(c1)CCCO2. The molecule has 19 heavy (non-hydrogen) atoms. The van der Waals surface area contributed by atoms with Gasteiger partial charge in [0.05, 0.1) is 24.2 Å². The highest BCUT2D eigenvalue weighted by molar-refractivity contribution is 5.88. The molecule has 2 heterocycles. The first kappa shape index (κ1) is 11.8. The lowest BCUT2D eigenvalue weighted by atomic mass is 10.1. The van der Waals surface area contributed by atoms with Crippen LogP contribution in [0.1, 0.15) is 28.0 Å². The topological polar surface area (TPSA) is 64.3 Å². The lowest BCUT2D eigenvalue weighted by Crippen LogP contribution is -2.09. The maximum absolute atomic E-state index is 11.0. The van der Waals surface area contributed by atoms with Crippen LogP contribution < -0.4 is 4.74 Å². The van der Waals surface area contributed by atoms with E-state index in [1.807, 2.05) is 18.2 Å². The van der Waals surface area contributed by atoms with E-state index in [1.165, 1.54) is 6.20 Å². The van der Waals surface area contributed by atoms with Crippen molar-refractivity contribution in [3.8, 4) is 11.4 Å². The molecule has 0 spiro atoms. The number of hydrogen-bond donors (Lipinski definition) is 1. The lowest BCUT2D eigenvalue weighted by Gasteiger charge is -2.18. The van der Waals surface area contributed by atoms with Crippen molar-refractivity contribution in [2.45, 2.75) is 19.8 Å². The summed E-state index contributed by atoms with van der Waals surface area (Å²) in [7, 11) is 0. The summed E-state index contributed by atoms with van der Waals surface area (Å²) in [6.45, 7) is 2.52. The summed E-state index contributed by atoms with van der Waals surface area (Å²) >= 11 is 0. The number of benzene rings is 1. The Kier molecular flexibility index (Phi) is 2.74. The molecule has 0 saturated carbocycles. The number of carboxylic acid groups (broad SMARTS) is 1. The largest absolute Gasteiger partial charge is 0.493 e. The zero-order valence-corrected chi connectivity index (χ0v) is 10.6. The van der Waals surface area contributed by atoms with Crippen molar-refractivity contribution in [3.63, 3.8) is 0 Å². The van der Waals surface area contributed by atoms with Gasteiger partial charge >= 0.3 is 5.97 Å². The average Bonchev–Trinajstić information content (AvgIpc) is 2.80. The molecule has 1 aliphatic heterocycles. The Morgan fingerprint density at radius 3 is 3.05 bits per heavy atom. The number of aromatic carboxylic acids is 1. The van der Waals surface area contributed by atoms with Crippen molar-refractivity contribution in [1.82, 2.24) is 9.78 Å². The zero-order chi connectivity index (χ0) is 13.4. The maximum atomic E-state index is 11.0. The van der Waals surface area contributed by atoms with Gasteiger partial charge in [0.15, 0.2) is 0 Å². The van der Waals surface area contributed by atoms with Crippen LogP contribution in [0.5, 0.6) is 5.75 Å². The molecule has 2 aromatic rings. The summed E-state index contributed by atoms with van der Waals surface area (Å²) in [5.41, 5.74) is 2.88. The van der Waals surface area contributed by atoms with Gasteiger partial charge in [-0.2, -0.15) is 5.10 Å². The Balaban J connectivity index is 2.05. The predicted octanol–water partition coefficient (Wildman–Crippen LogP) is 2.20. The van der Waals surface area contributed by atoms with Crippen molar-refractivity contribution in [3.05, 3.63) is 41.2 Å². The normalized spacial score (nSPS) is 13.7. The Morgan fingerprint density at radius 1 is 1.47 bits per heavy atom. The second-order valence-corrected chi connectivity index (χ2v) is 4.60. The van der Waals surface area contributed by atoms with E-state index in [0.717, 1.165) is 36.4 Å². The molecule has 5 nitrogen and oxygen atoms in total. The number of aromatic nitrogens is 2. The van der Waals surface area contributed by atoms with Crippen LogP contribution in [0, 0.1) is 6.92 Å². The van der Waals surface area contributed by atoms with E-state index in [1.54, 1.807) is 11.6 Å². The molecule has 0 fully saturated rings. The lowest BCUT2D eigenvalue weighted by molar-refractivity contribution is 0.0696. The number of ether oxygens (including phenoxy) is 1. The second kappa shape index (κ2) is 4.42. The van der Waals surface area contributed by atoms with Gasteiger partial charge in [0.1, 0.15) is 11.3 Å². The highest BCUT2D eigenvalue weighted by Gasteiger charge is 2.16. The van der Waals surface area contributed by atoms with Crippen molar-refractivity contribution in [1.29, 1.82) is 0 Å². The first-order valence-electron chi connectivity index (χ1n) is 6.21. The summed E-state index contributed by atoms with van der Waals surface area (Å²) in [6.07, 6.45) is 3.37. The van der Waals surface area contributed by atoms with E-state index in [0.29, 0.717) is 5.69 Å². The van der Waals surface area contributed by atoms with E-state index in [2.05, 4.69) is 5.10 Å². The van der Waals surface area contributed by atoms with Crippen molar-refractivity contribution >= 4 is 5.97 Å². The van der Waals surface area contributed by atoms with Gasteiger partial charge in [-0.15, -0.1) is 0 Å². The fourth-order valence-electron chi connectivity index (χ4n) is 2.36. The Hall–Kier alpha value is -2.30. The molecule has 0 atom stereocenters. The van der Waals surface area contributed by atoms with Crippen LogP contribution >= 0.6 is 0 Å². The number of carboxylic acids is 1. The summed E-state index contributed by atoms with van der Waals surface area (Å²) in [5, 5.41) is 13.2. The summed E-state index contributed by atoms with van der Waals surface area (Å²) in [5.74, 6) is -0.0386. The fourth-order valence-corrected chi connectivity index (χ4v) is 2.36. The third-order valence-corrected chi connectivity index (χ3v) is 3.38. The molecule has 0 aliphatic carbocycles. The molecule has 3 rings (SSSR count). The van der Waals surface area contributed by atoms with E-state index in [4.69, 9.17) is 9.84 Å². The predicted molar refractivity (Wildman–Crippen MR) is 69.1 cm³/mol. The van der Waals surface area contributed by atoms with Gasteiger partial charge in [-0.05, 0) is 43.5 Å². The molecule has 1 N–H and O–H groups in total. The minimum Gasteiger partial charge on any atom is -0.493 e. The smallest absolute Gasteiger partial charge is 0.339 e. The van der Waals surface area contributed by atoms with Gasteiger partial charge < -0.3 is 9.84 Å². The van der Waals surface area contributed by atoms with E-state index in [-0.39, 0.29) is 5.56 Å². The first-order chi connectivity index (χ1) is 9.16. The average molecular weight is 258 g/mol. The van der Waals surface area contributed by atoms with Gasteiger partial charge in [0, 0.05) is 0 Å². The van der Waals surface area contributed by atoms with Crippen molar-refractivity contribution < 1.29 is 14.6 Å². The van der Waals surface area contributed by atoms with Crippen LogP contribution in [-0.4, -0.2) is 27.5 Å². The zero-order valence-electron chi connectivity index (χ0n) is 10.6.